The zero-order chi connectivity index (χ0) is 13.2. The zero-order valence-corrected chi connectivity index (χ0v) is 10.3. The molecular weight excluding hydrogens is 251 g/mol. The Morgan fingerprint density at radius 3 is 2.47 bits per heavy atom. The smallest absolute Gasteiger partial charge is 0.310 e. The maximum Gasteiger partial charge on any atom is 0.310 e. The van der Waals surface area contributed by atoms with E-state index in [1.54, 1.807) is 0 Å². The number of aliphatic carboxylic acids is 1. The Labute approximate surface area is 103 Å². The molecule has 0 aromatic heterocycles. The zero-order valence-electron chi connectivity index (χ0n) is 9.58. The predicted octanol–water partition coefficient (Wildman–Crippen LogP) is 2.68. The molecule has 0 heterocycles. The predicted molar refractivity (Wildman–Crippen MR) is 60.6 cm³/mol. The van der Waals surface area contributed by atoms with Crippen LogP contribution < -0.4 is 9.47 Å². The third kappa shape index (κ3) is 2.44. The number of carboxylic acids is 1. The Balaban J connectivity index is 3.53. The van der Waals surface area contributed by atoms with Gasteiger partial charge in [-0.05, 0) is 6.92 Å². The highest BCUT2D eigenvalue weighted by Gasteiger charge is 2.27. The number of carboxylic acid groups (broad SMARTS) is 1. The second-order valence-corrected chi connectivity index (χ2v) is 3.76. The van der Waals surface area contributed by atoms with Crippen molar-refractivity contribution in [3.8, 4) is 11.5 Å². The summed E-state index contributed by atoms with van der Waals surface area (Å²) >= 11 is 5.77. The number of benzene rings is 1. The van der Waals surface area contributed by atoms with E-state index >= 15 is 0 Å². The molecule has 1 unspecified atom stereocenters. The highest BCUT2D eigenvalue weighted by molar-refractivity contribution is 6.32. The van der Waals surface area contributed by atoms with Crippen molar-refractivity contribution in [1.82, 2.24) is 0 Å². The van der Waals surface area contributed by atoms with Gasteiger partial charge >= 0.3 is 5.97 Å². The van der Waals surface area contributed by atoms with Crippen LogP contribution in [0, 0.1) is 5.82 Å². The van der Waals surface area contributed by atoms with E-state index in [-0.39, 0.29) is 22.1 Å². The molecule has 0 fully saturated rings. The van der Waals surface area contributed by atoms with Crippen LogP contribution in [-0.2, 0) is 4.79 Å². The van der Waals surface area contributed by atoms with E-state index in [2.05, 4.69) is 0 Å². The molecule has 1 atom stereocenters. The fourth-order valence-electron chi connectivity index (χ4n) is 1.48. The molecule has 0 saturated carbocycles. The summed E-state index contributed by atoms with van der Waals surface area (Å²) in [6.07, 6.45) is 0. The van der Waals surface area contributed by atoms with E-state index in [1.165, 1.54) is 21.1 Å². The summed E-state index contributed by atoms with van der Waals surface area (Å²) in [7, 11) is 2.67. The molecule has 1 aromatic carbocycles. The van der Waals surface area contributed by atoms with Gasteiger partial charge in [-0.2, -0.15) is 0 Å². The Morgan fingerprint density at radius 2 is 2.06 bits per heavy atom. The summed E-state index contributed by atoms with van der Waals surface area (Å²) in [5.74, 6) is -2.63. The molecule has 0 bridgehead atoms. The SMILES string of the molecule is COc1cc(F)c(Cl)c(C(C)C(=O)O)c1OC. The first kappa shape index (κ1) is 13.6. The van der Waals surface area contributed by atoms with Gasteiger partial charge in [0.1, 0.15) is 5.82 Å². The number of hydrogen-bond donors (Lipinski definition) is 1. The van der Waals surface area contributed by atoms with Crippen molar-refractivity contribution >= 4 is 17.6 Å². The van der Waals surface area contributed by atoms with Crippen molar-refractivity contribution in [3.63, 3.8) is 0 Å². The number of carbonyl (C=O) groups is 1. The van der Waals surface area contributed by atoms with E-state index in [1.807, 2.05) is 0 Å². The van der Waals surface area contributed by atoms with Gasteiger partial charge in [-0.3, -0.25) is 4.79 Å². The number of hydrogen-bond acceptors (Lipinski definition) is 3. The Kier molecular flexibility index (Phi) is 4.17. The molecular formula is C11H12ClFO4. The molecule has 17 heavy (non-hydrogen) atoms. The van der Waals surface area contributed by atoms with E-state index in [0.717, 1.165) is 6.07 Å². The third-order valence-electron chi connectivity index (χ3n) is 2.40. The lowest BCUT2D eigenvalue weighted by Crippen LogP contribution is -2.11. The van der Waals surface area contributed by atoms with Crippen molar-refractivity contribution in [2.24, 2.45) is 0 Å². The van der Waals surface area contributed by atoms with E-state index in [0.29, 0.717) is 0 Å². The van der Waals surface area contributed by atoms with Gasteiger partial charge in [-0.15, -0.1) is 0 Å². The monoisotopic (exact) mass is 262 g/mol. The normalized spacial score (nSPS) is 12.1. The van der Waals surface area contributed by atoms with Gasteiger partial charge in [-0.25, -0.2) is 4.39 Å². The van der Waals surface area contributed by atoms with Crippen LogP contribution in [0.15, 0.2) is 6.07 Å². The molecule has 0 aliphatic rings. The molecule has 0 aliphatic carbocycles. The lowest BCUT2D eigenvalue weighted by molar-refractivity contribution is -0.138. The topological polar surface area (TPSA) is 55.8 Å². The number of halogens is 2. The van der Waals surface area contributed by atoms with E-state index in [4.69, 9.17) is 26.2 Å². The summed E-state index contributed by atoms with van der Waals surface area (Å²) in [6, 6.07) is 1.05. The van der Waals surface area contributed by atoms with Gasteiger partial charge in [0.05, 0.1) is 25.2 Å². The minimum absolute atomic E-state index is 0.0681. The van der Waals surface area contributed by atoms with Crippen LogP contribution >= 0.6 is 11.6 Å². The average molecular weight is 263 g/mol. The van der Waals surface area contributed by atoms with Crippen LogP contribution in [-0.4, -0.2) is 25.3 Å². The van der Waals surface area contributed by atoms with Crippen molar-refractivity contribution in [2.45, 2.75) is 12.8 Å². The van der Waals surface area contributed by atoms with Crippen molar-refractivity contribution in [1.29, 1.82) is 0 Å². The Morgan fingerprint density at radius 1 is 1.47 bits per heavy atom. The average Bonchev–Trinajstić information content (AvgIpc) is 2.30. The maximum absolute atomic E-state index is 13.5. The van der Waals surface area contributed by atoms with Crippen molar-refractivity contribution in [3.05, 3.63) is 22.5 Å². The highest BCUT2D eigenvalue weighted by atomic mass is 35.5. The molecule has 1 N–H and O–H groups in total. The largest absolute Gasteiger partial charge is 0.493 e. The first-order chi connectivity index (χ1) is 7.93. The molecule has 1 aromatic rings. The number of methoxy groups -OCH3 is 2. The summed E-state index contributed by atoms with van der Waals surface area (Å²) < 4.78 is 23.5. The van der Waals surface area contributed by atoms with Crippen LogP contribution in [0.1, 0.15) is 18.4 Å². The van der Waals surface area contributed by atoms with Crippen LogP contribution in [0.5, 0.6) is 11.5 Å². The summed E-state index contributed by atoms with van der Waals surface area (Å²) in [5, 5.41) is 8.69. The quantitative estimate of drug-likeness (QED) is 0.906. The highest BCUT2D eigenvalue weighted by Crippen LogP contribution is 2.42. The standard InChI is InChI=1S/C11H12ClFO4/c1-5(11(14)15)8-9(12)6(13)4-7(16-2)10(8)17-3/h4-5H,1-3H3,(H,14,15). The molecule has 0 aliphatic heterocycles. The van der Waals surface area contributed by atoms with Crippen LogP contribution in [0.3, 0.4) is 0 Å². The summed E-state index contributed by atoms with van der Waals surface area (Å²) in [4.78, 5) is 11.0. The summed E-state index contributed by atoms with van der Waals surface area (Å²) in [6.45, 7) is 1.39. The van der Waals surface area contributed by atoms with Crippen LogP contribution in [0.2, 0.25) is 5.02 Å². The lowest BCUT2D eigenvalue weighted by atomic mass is 9.99. The van der Waals surface area contributed by atoms with Gasteiger partial charge in [-0.1, -0.05) is 11.6 Å². The maximum atomic E-state index is 13.5. The van der Waals surface area contributed by atoms with Gasteiger partial charge in [0, 0.05) is 11.6 Å². The second kappa shape index (κ2) is 5.23. The molecule has 0 saturated heterocycles. The van der Waals surface area contributed by atoms with E-state index in [9.17, 15) is 9.18 Å². The van der Waals surface area contributed by atoms with E-state index < -0.39 is 17.7 Å². The molecule has 1 rings (SSSR count). The minimum atomic E-state index is -1.13. The second-order valence-electron chi connectivity index (χ2n) is 3.38. The number of rotatable bonds is 4. The fraction of sp³-hybridized carbons (Fsp3) is 0.364. The van der Waals surface area contributed by atoms with Gasteiger partial charge in [0.2, 0.25) is 0 Å². The molecule has 0 radical (unpaired) electrons. The van der Waals surface area contributed by atoms with Gasteiger partial charge in [0.25, 0.3) is 0 Å². The van der Waals surface area contributed by atoms with Crippen LogP contribution in [0.4, 0.5) is 4.39 Å². The molecule has 0 amide bonds. The molecule has 0 spiro atoms. The summed E-state index contributed by atoms with van der Waals surface area (Å²) in [5.41, 5.74) is 0.0681. The van der Waals surface area contributed by atoms with Gasteiger partial charge < -0.3 is 14.6 Å². The Bertz CT molecular complexity index is 448. The number of ether oxygens (including phenoxy) is 2. The molecule has 6 heteroatoms. The van der Waals surface area contributed by atoms with Crippen molar-refractivity contribution < 1.29 is 23.8 Å². The van der Waals surface area contributed by atoms with Gasteiger partial charge in [0.15, 0.2) is 11.5 Å². The molecule has 4 nitrogen and oxygen atoms in total. The molecule has 94 valence electrons. The van der Waals surface area contributed by atoms with Crippen molar-refractivity contribution in [2.75, 3.05) is 14.2 Å². The third-order valence-corrected chi connectivity index (χ3v) is 2.78. The van der Waals surface area contributed by atoms with Crippen LogP contribution in [0.25, 0.3) is 0 Å². The first-order valence-electron chi connectivity index (χ1n) is 4.76. The first-order valence-corrected chi connectivity index (χ1v) is 5.14. The Hall–Kier alpha value is -1.49. The minimum Gasteiger partial charge on any atom is -0.493 e. The lowest BCUT2D eigenvalue weighted by Gasteiger charge is -2.17. The fourth-order valence-corrected chi connectivity index (χ4v) is 1.78.